The molecule has 0 N–H and O–H groups in total. The maximum Gasteiger partial charge on any atom is 0.145 e. The predicted octanol–water partition coefficient (Wildman–Crippen LogP) is 6.01. The van der Waals surface area contributed by atoms with E-state index in [2.05, 4.69) is 29.8 Å². The van der Waals surface area contributed by atoms with Crippen LogP contribution in [0.4, 0.5) is 0 Å². The van der Waals surface area contributed by atoms with Crippen LogP contribution in [0.3, 0.4) is 0 Å². The Morgan fingerprint density at radius 3 is 2.40 bits per heavy atom. The van der Waals surface area contributed by atoms with Crippen molar-refractivity contribution in [2.75, 3.05) is 14.2 Å². The van der Waals surface area contributed by atoms with Crippen LogP contribution >= 0.6 is 27.5 Å². The molecule has 0 aliphatic carbocycles. The van der Waals surface area contributed by atoms with Gasteiger partial charge < -0.3 is 9.47 Å². The molecule has 0 heterocycles. The van der Waals surface area contributed by atoms with Crippen molar-refractivity contribution in [1.82, 2.24) is 0 Å². The molecule has 20 heavy (non-hydrogen) atoms. The van der Waals surface area contributed by atoms with Gasteiger partial charge in [0.2, 0.25) is 0 Å². The van der Waals surface area contributed by atoms with Gasteiger partial charge in [-0.2, -0.15) is 0 Å². The van der Waals surface area contributed by atoms with Gasteiger partial charge in [-0.15, -0.1) is 0 Å². The first-order valence-electron chi connectivity index (χ1n) is 7.15. The van der Waals surface area contributed by atoms with Crippen molar-refractivity contribution in [2.24, 2.45) is 5.92 Å². The largest absolute Gasteiger partial charge is 0.495 e. The Kier molecular flexibility index (Phi) is 7.75. The molecule has 0 radical (unpaired) electrons. The van der Waals surface area contributed by atoms with E-state index >= 15 is 0 Å². The molecule has 0 saturated heterocycles. The molecule has 1 aromatic rings. The second kappa shape index (κ2) is 8.78. The molecular weight excluding hydrogens is 340 g/mol. The molecule has 0 fully saturated rings. The lowest BCUT2D eigenvalue weighted by molar-refractivity contribution is 0.383. The van der Waals surface area contributed by atoms with Crippen LogP contribution in [-0.2, 0) is 0 Å². The lowest BCUT2D eigenvalue weighted by Crippen LogP contribution is -2.08. The summed E-state index contributed by atoms with van der Waals surface area (Å²) in [5.41, 5.74) is 1.10. The smallest absolute Gasteiger partial charge is 0.145 e. The van der Waals surface area contributed by atoms with Crippen molar-refractivity contribution in [1.29, 1.82) is 0 Å². The quantitative estimate of drug-likeness (QED) is 0.526. The second-order valence-electron chi connectivity index (χ2n) is 4.92. The molecule has 0 spiro atoms. The maximum atomic E-state index is 6.34. The molecule has 0 aliphatic rings. The Balaban J connectivity index is 3.07. The molecular formula is C16H24BrClO2. The highest BCUT2D eigenvalue weighted by molar-refractivity contribution is 9.09. The molecule has 0 aliphatic heterocycles. The number of unbranched alkanes of at least 4 members (excludes halogenated alkanes) is 1. The summed E-state index contributed by atoms with van der Waals surface area (Å²) in [7, 11) is 3.26. The third-order valence-corrected chi connectivity index (χ3v) is 5.28. The van der Waals surface area contributed by atoms with Gasteiger partial charge in [-0.05, 0) is 18.4 Å². The second-order valence-corrected chi connectivity index (χ2v) is 6.28. The number of alkyl halides is 1. The normalized spacial score (nSPS) is 13.9. The summed E-state index contributed by atoms with van der Waals surface area (Å²) in [6.07, 6.45) is 4.79. The van der Waals surface area contributed by atoms with E-state index in [1.807, 2.05) is 12.1 Å². The number of halogens is 2. The standard InChI is InChI=1S/C16H24BrClO2/c1-5-7-8-11(6-2)14(17)12-9-10-13(19-3)15(18)16(12)20-4/h9-11,14H,5-8H2,1-4H3. The summed E-state index contributed by atoms with van der Waals surface area (Å²) in [5.74, 6) is 1.93. The van der Waals surface area contributed by atoms with Gasteiger partial charge in [-0.3, -0.25) is 0 Å². The van der Waals surface area contributed by atoms with E-state index in [0.29, 0.717) is 22.4 Å². The van der Waals surface area contributed by atoms with Crippen molar-refractivity contribution >= 4 is 27.5 Å². The summed E-state index contributed by atoms with van der Waals surface area (Å²) in [6, 6.07) is 3.94. The minimum absolute atomic E-state index is 0.248. The van der Waals surface area contributed by atoms with E-state index in [1.165, 1.54) is 19.3 Å². The molecule has 4 heteroatoms. The molecule has 2 unspecified atom stereocenters. The zero-order valence-electron chi connectivity index (χ0n) is 12.7. The van der Waals surface area contributed by atoms with Gasteiger partial charge in [0, 0.05) is 10.4 Å². The summed E-state index contributed by atoms with van der Waals surface area (Å²) in [5, 5.41) is 0.544. The molecule has 0 aromatic heterocycles. The zero-order valence-corrected chi connectivity index (χ0v) is 15.1. The Bertz CT molecular complexity index is 423. The van der Waals surface area contributed by atoms with Crippen LogP contribution in [0.5, 0.6) is 11.5 Å². The van der Waals surface area contributed by atoms with Crippen molar-refractivity contribution in [2.45, 2.75) is 44.4 Å². The Hall–Kier alpha value is -0.410. The van der Waals surface area contributed by atoms with Crippen molar-refractivity contribution < 1.29 is 9.47 Å². The average Bonchev–Trinajstić information content (AvgIpc) is 2.47. The van der Waals surface area contributed by atoms with Crippen molar-refractivity contribution in [3.05, 3.63) is 22.7 Å². The number of hydrogen-bond donors (Lipinski definition) is 0. The van der Waals surface area contributed by atoms with E-state index in [1.54, 1.807) is 14.2 Å². The molecule has 1 rings (SSSR count). The highest BCUT2D eigenvalue weighted by atomic mass is 79.9. The van der Waals surface area contributed by atoms with Gasteiger partial charge in [0.15, 0.2) is 0 Å². The molecule has 2 nitrogen and oxygen atoms in total. The van der Waals surface area contributed by atoms with Crippen molar-refractivity contribution in [3.8, 4) is 11.5 Å². The van der Waals surface area contributed by atoms with Crippen LogP contribution in [-0.4, -0.2) is 14.2 Å². The Labute approximate surface area is 135 Å². The molecule has 2 atom stereocenters. The van der Waals surface area contributed by atoms with Crippen molar-refractivity contribution in [3.63, 3.8) is 0 Å². The highest BCUT2D eigenvalue weighted by Crippen LogP contribution is 2.45. The summed E-state index contributed by atoms with van der Waals surface area (Å²) >= 11 is 10.2. The van der Waals surface area contributed by atoms with E-state index in [0.717, 1.165) is 12.0 Å². The lowest BCUT2D eigenvalue weighted by atomic mass is 9.91. The molecule has 0 amide bonds. The summed E-state index contributed by atoms with van der Waals surface area (Å²) in [6.45, 7) is 4.45. The number of ether oxygens (including phenoxy) is 2. The van der Waals surface area contributed by atoms with Crippen LogP contribution in [0.2, 0.25) is 5.02 Å². The fourth-order valence-electron chi connectivity index (χ4n) is 2.41. The topological polar surface area (TPSA) is 18.5 Å². The Morgan fingerprint density at radius 2 is 1.90 bits per heavy atom. The third-order valence-electron chi connectivity index (χ3n) is 3.68. The fourth-order valence-corrected chi connectivity index (χ4v) is 3.74. The highest BCUT2D eigenvalue weighted by Gasteiger charge is 2.24. The van der Waals surface area contributed by atoms with Crippen LogP contribution in [0, 0.1) is 5.92 Å². The van der Waals surface area contributed by atoms with Gasteiger partial charge >= 0.3 is 0 Å². The van der Waals surface area contributed by atoms with E-state index in [4.69, 9.17) is 21.1 Å². The van der Waals surface area contributed by atoms with Gasteiger partial charge in [-0.25, -0.2) is 0 Å². The van der Waals surface area contributed by atoms with Crippen LogP contribution < -0.4 is 9.47 Å². The first kappa shape index (κ1) is 17.6. The first-order chi connectivity index (χ1) is 9.60. The maximum absolute atomic E-state index is 6.34. The van der Waals surface area contributed by atoms with Gasteiger partial charge in [0.25, 0.3) is 0 Å². The van der Waals surface area contributed by atoms with Gasteiger partial charge in [0.1, 0.15) is 16.5 Å². The van der Waals surface area contributed by atoms with Crippen LogP contribution in [0.25, 0.3) is 0 Å². The van der Waals surface area contributed by atoms with Crippen LogP contribution in [0.1, 0.15) is 49.9 Å². The minimum Gasteiger partial charge on any atom is -0.495 e. The summed E-state index contributed by atoms with van der Waals surface area (Å²) < 4.78 is 10.7. The van der Waals surface area contributed by atoms with Crippen LogP contribution in [0.15, 0.2) is 12.1 Å². The summed E-state index contributed by atoms with van der Waals surface area (Å²) in [4.78, 5) is 0.248. The monoisotopic (exact) mass is 362 g/mol. The number of methoxy groups -OCH3 is 2. The van der Waals surface area contributed by atoms with E-state index in [-0.39, 0.29) is 4.83 Å². The predicted molar refractivity (Wildman–Crippen MR) is 89.5 cm³/mol. The fraction of sp³-hybridized carbons (Fsp3) is 0.625. The number of hydrogen-bond acceptors (Lipinski definition) is 2. The number of rotatable bonds is 8. The van der Waals surface area contributed by atoms with E-state index < -0.39 is 0 Å². The average molecular weight is 364 g/mol. The SMILES string of the molecule is CCCCC(CC)C(Br)c1ccc(OC)c(Cl)c1OC. The third kappa shape index (κ3) is 4.05. The first-order valence-corrected chi connectivity index (χ1v) is 8.44. The molecule has 0 bridgehead atoms. The number of benzene rings is 1. The van der Waals surface area contributed by atoms with E-state index in [9.17, 15) is 0 Å². The lowest BCUT2D eigenvalue weighted by Gasteiger charge is -2.24. The molecule has 114 valence electrons. The molecule has 0 saturated carbocycles. The Morgan fingerprint density at radius 1 is 1.20 bits per heavy atom. The zero-order chi connectivity index (χ0) is 15.1. The van der Waals surface area contributed by atoms with Gasteiger partial charge in [0.05, 0.1) is 14.2 Å². The molecule has 1 aromatic carbocycles. The minimum atomic E-state index is 0.248. The van der Waals surface area contributed by atoms with Gasteiger partial charge in [-0.1, -0.05) is 66.7 Å².